The quantitative estimate of drug-likeness (QED) is 0.710. The van der Waals surface area contributed by atoms with Gasteiger partial charge in [0.05, 0.1) is 16.3 Å². The largest absolute Gasteiger partial charge is 0.350 e. The smallest absolute Gasteiger partial charge is 0.270 e. The lowest BCUT2D eigenvalue weighted by Crippen LogP contribution is -2.60. The molecule has 6 heterocycles. The molecule has 4 fully saturated rings. The molecule has 0 spiro atoms. The van der Waals surface area contributed by atoms with Crippen molar-refractivity contribution in [2.75, 3.05) is 19.6 Å². The number of nitrogens with one attached hydrogen (secondary N) is 1. The van der Waals surface area contributed by atoms with Crippen LogP contribution in [-0.2, 0) is 0 Å². The molecule has 6 heteroatoms. The third kappa shape index (κ3) is 2.40. The SMILES string of the molecule is O=C(c1cc2sccc2[nH]1)N1C[C@H](c2ccc(F)cc2)[C@H]2[C@@H]1C1CCN2CC1. The molecule has 0 aliphatic carbocycles. The number of likely N-dealkylation sites (tertiary alicyclic amines) is 1. The number of aromatic nitrogens is 1. The molecule has 4 saturated heterocycles. The number of amides is 1. The number of fused-ring (bicyclic) bond motifs is 3. The van der Waals surface area contributed by atoms with E-state index in [1.165, 1.54) is 12.8 Å². The molecule has 28 heavy (non-hydrogen) atoms. The van der Waals surface area contributed by atoms with Crippen LogP contribution in [0.25, 0.3) is 10.2 Å². The van der Waals surface area contributed by atoms with Gasteiger partial charge in [0.1, 0.15) is 11.5 Å². The molecule has 0 saturated carbocycles. The summed E-state index contributed by atoms with van der Waals surface area (Å²) in [6.45, 7) is 2.94. The highest BCUT2D eigenvalue weighted by atomic mass is 32.1. The summed E-state index contributed by atoms with van der Waals surface area (Å²) in [5, 5.41) is 2.04. The van der Waals surface area contributed by atoms with Crippen molar-refractivity contribution >= 4 is 27.5 Å². The summed E-state index contributed by atoms with van der Waals surface area (Å²) < 4.78 is 14.6. The number of thiophene rings is 1. The number of piperidine rings is 3. The van der Waals surface area contributed by atoms with Gasteiger partial charge in [0.25, 0.3) is 5.91 Å². The molecular formula is C22H22FN3OS. The third-order valence-corrected chi connectivity index (χ3v) is 7.89. The molecule has 4 nitrogen and oxygen atoms in total. The summed E-state index contributed by atoms with van der Waals surface area (Å²) in [5.74, 6) is 0.717. The zero-order valence-corrected chi connectivity index (χ0v) is 16.3. The van der Waals surface area contributed by atoms with Crippen LogP contribution < -0.4 is 0 Å². The monoisotopic (exact) mass is 395 g/mol. The number of benzene rings is 1. The first-order chi connectivity index (χ1) is 13.7. The van der Waals surface area contributed by atoms with Gasteiger partial charge in [-0.1, -0.05) is 12.1 Å². The molecule has 1 amide bonds. The lowest BCUT2D eigenvalue weighted by Gasteiger charge is -2.51. The second kappa shape index (κ2) is 6.16. The molecule has 7 rings (SSSR count). The number of H-pyrrole nitrogens is 1. The van der Waals surface area contributed by atoms with E-state index in [0.717, 1.165) is 28.9 Å². The minimum absolute atomic E-state index is 0.108. The lowest BCUT2D eigenvalue weighted by molar-refractivity contribution is -0.00355. The van der Waals surface area contributed by atoms with Crippen LogP contribution in [0.15, 0.2) is 41.8 Å². The molecule has 3 aromatic rings. The Hall–Kier alpha value is -2.18. The Morgan fingerprint density at radius 2 is 1.89 bits per heavy atom. The zero-order chi connectivity index (χ0) is 18.8. The first kappa shape index (κ1) is 16.7. The predicted molar refractivity (Wildman–Crippen MR) is 108 cm³/mol. The average Bonchev–Trinajstić information content (AvgIpc) is 3.43. The highest BCUT2D eigenvalue weighted by Crippen LogP contribution is 2.47. The van der Waals surface area contributed by atoms with E-state index in [1.54, 1.807) is 23.5 Å². The van der Waals surface area contributed by atoms with E-state index in [4.69, 9.17) is 0 Å². The van der Waals surface area contributed by atoms with Gasteiger partial charge < -0.3 is 9.88 Å². The maximum absolute atomic E-state index is 13.5. The minimum Gasteiger partial charge on any atom is -0.350 e. The lowest BCUT2D eigenvalue weighted by atomic mass is 9.75. The topological polar surface area (TPSA) is 39.3 Å². The van der Waals surface area contributed by atoms with Crippen LogP contribution in [0.1, 0.15) is 34.8 Å². The van der Waals surface area contributed by atoms with Crippen LogP contribution in [0.4, 0.5) is 4.39 Å². The summed E-state index contributed by atoms with van der Waals surface area (Å²) in [6, 6.07) is 11.5. The van der Waals surface area contributed by atoms with Crippen LogP contribution in [-0.4, -0.2) is 52.4 Å². The first-order valence-electron chi connectivity index (χ1n) is 10.1. The second-order valence-corrected chi connectivity index (χ2v) is 9.30. The third-order valence-electron chi connectivity index (χ3n) is 7.02. The van der Waals surface area contributed by atoms with Crippen LogP contribution >= 0.6 is 11.3 Å². The van der Waals surface area contributed by atoms with E-state index >= 15 is 0 Å². The molecule has 1 aromatic carbocycles. The van der Waals surface area contributed by atoms with E-state index in [0.29, 0.717) is 24.2 Å². The van der Waals surface area contributed by atoms with Crippen LogP contribution in [0.5, 0.6) is 0 Å². The molecule has 0 unspecified atom stereocenters. The standard InChI is InChI=1S/C22H22FN3OS/c23-15-3-1-13(2-4-15)16-12-26(20-14-5-8-25(9-6-14)21(16)20)22(27)18-11-19-17(24-18)7-10-28-19/h1-4,7,10-11,14,16,20-21,24H,5-6,8-9,12H2/t16-,20+,21+/m1/s1. The summed E-state index contributed by atoms with van der Waals surface area (Å²) in [6.07, 6.45) is 2.34. The van der Waals surface area contributed by atoms with Gasteiger partial charge in [-0.3, -0.25) is 9.69 Å². The van der Waals surface area contributed by atoms with Crippen molar-refractivity contribution in [2.45, 2.75) is 30.8 Å². The van der Waals surface area contributed by atoms with E-state index < -0.39 is 0 Å². The average molecular weight is 396 g/mol. The van der Waals surface area contributed by atoms with Gasteiger partial charge in [0, 0.05) is 18.5 Å². The number of carbonyl (C=O) groups excluding carboxylic acids is 1. The fourth-order valence-electron chi connectivity index (χ4n) is 5.78. The molecule has 3 atom stereocenters. The van der Waals surface area contributed by atoms with E-state index in [1.807, 2.05) is 29.6 Å². The van der Waals surface area contributed by atoms with Gasteiger partial charge in [0.15, 0.2) is 0 Å². The minimum atomic E-state index is -0.205. The molecule has 2 bridgehead atoms. The summed E-state index contributed by atoms with van der Waals surface area (Å²) in [4.78, 5) is 21.5. The number of nitrogens with zero attached hydrogens (tertiary/aromatic N) is 2. The highest BCUT2D eigenvalue weighted by molar-refractivity contribution is 7.17. The van der Waals surface area contributed by atoms with Gasteiger partial charge in [-0.05, 0) is 67.1 Å². The van der Waals surface area contributed by atoms with Crippen molar-refractivity contribution in [3.63, 3.8) is 0 Å². The Morgan fingerprint density at radius 3 is 2.64 bits per heavy atom. The number of aromatic amines is 1. The van der Waals surface area contributed by atoms with Gasteiger partial charge in [-0.15, -0.1) is 11.3 Å². The molecule has 1 N–H and O–H groups in total. The van der Waals surface area contributed by atoms with Gasteiger partial charge in [-0.25, -0.2) is 4.39 Å². The van der Waals surface area contributed by atoms with Crippen LogP contribution in [0.2, 0.25) is 0 Å². The normalized spacial score (nSPS) is 31.5. The molecule has 0 radical (unpaired) electrons. The maximum Gasteiger partial charge on any atom is 0.270 e. The van der Waals surface area contributed by atoms with Crippen molar-refractivity contribution < 1.29 is 9.18 Å². The van der Waals surface area contributed by atoms with Crippen molar-refractivity contribution in [3.8, 4) is 0 Å². The van der Waals surface area contributed by atoms with E-state index in [9.17, 15) is 9.18 Å². The van der Waals surface area contributed by atoms with Gasteiger partial charge >= 0.3 is 0 Å². The fraction of sp³-hybridized carbons (Fsp3) is 0.409. The maximum atomic E-state index is 13.5. The van der Waals surface area contributed by atoms with E-state index in [2.05, 4.69) is 14.8 Å². The molecule has 4 aliphatic heterocycles. The molecule has 4 aliphatic rings. The van der Waals surface area contributed by atoms with Crippen molar-refractivity contribution in [2.24, 2.45) is 5.92 Å². The van der Waals surface area contributed by atoms with E-state index in [-0.39, 0.29) is 23.7 Å². The molecular weight excluding hydrogens is 373 g/mol. The Labute approximate surface area is 166 Å². The Morgan fingerprint density at radius 1 is 1.11 bits per heavy atom. The molecule has 144 valence electrons. The first-order valence-corrected chi connectivity index (χ1v) is 10.9. The highest BCUT2D eigenvalue weighted by Gasteiger charge is 2.54. The Kier molecular flexibility index (Phi) is 3.68. The van der Waals surface area contributed by atoms with Crippen molar-refractivity contribution in [1.82, 2.24) is 14.8 Å². The van der Waals surface area contributed by atoms with Crippen LogP contribution in [0, 0.1) is 11.7 Å². The fourth-order valence-corrected chi connectivity index (χ4v) is 6.56. The number of carbonyl (C=O) groups is 1. The predicted octanol–water partition coefficient (Wildman–Crippen LogP) is 4.07. The van der Waals surface area contributed by atoms with Gasteiger partial charge in [0.2, 0.25) is 0 Å². The summed E-state index contributed by atoms with van der Waals surface area (Å²) in [5.41, 5.74) is 2.87. The second-order valence-electron chi connectivity index (χ2n) is 8.35. The summed E-state index contributed by atoms with van der Waals surface area (Å²) >= 11 is 1.66. The zero-order valence-electron chi connectivity index (χ0n) is 15.5. The van der Waals surface area contributed by atoms with Crippen molar-refractivity contribution in [1.29, 1.82) is 0 Å². The number of hydrogen-bond donors (Lipinski definition) is 1. The number of hydrogen-bond acceptors (Lipinski definition) is 3. The summed E-state index contributed by atoms with van der Waals surface area (Å²) in [7, 11) is 0. The number of halogens is 1. The van der Waals surface area contributed by atoms with Crippen LogP contribution in [0.3, 0.4) is 0 Å². The Balaban J connectivity index is 1.39. The Bertz CT molecular complexity index is 1010. The van der Waals surface area contributed by atoms with Gasteiger partial charge in [-0.2, -0.15) is 0 Å². The molecule has 2 aromatic heterocycles. The van der Waals surface area contributed by atoms with Crippen molar-refractivity contribution in [3.05, 3.63) is 58.9 Å². The number of rotatable bonds is 2.